The number of benzene rings is 1. The van der Waals surface area contributed by atoms with Gasteiger partial charge in [-0.2, -0.15) is 0 Å². The van der Waals surface area contributed by atoms with Gasteiger partial charge in [0.2, 0.25) is 0 Å². The first-order chi connectivity index (χ1) is 9.63. The molecule has 3 rings (SSSR count). The third kappa shape index (κ3) is 2.96. The summed E-state index contributed by atoms with van der Waals surface area (Å²) in [4.78, 5) is 2.66. The fourth-order valence-corrected chi connectivity index (χ4v) is 3.99. The minimum Gasteiger partial charge on any atom is -0.382 e. The van der Waals surface area contributed by atoms with E-state index in [-0.39, 0.29) is 0 Å². The van der Waals surface area contributed by atoms with E-state index in [1.165, 1.54) is 38.0 Å². The van der Waals surface area contributed by atoms with Gasteiger partial charge in [0.05, 0.1) is 0 Å². The van der Waals surface area contributed by atoms with Crippen molar-refractivity contribution in [1.82, 2.24) is 4.90 Å². The average Bonchev–Trinajstić information content (AvgIpc) is 2.40. The summed E-state index contributed by atoms with van der Waals surface area (Å²) in [6.07, 6.45) is 4.13. The SMILES string of the molecule is CC(C)N1CC2CCCC(C1)C2Nc1ccc(Cl)cc1. The van der Waals surface area contributed by atoms with Gasteiger partial charge in [0, 0.05) is 35.9 Å². The van der Waals surface area contributed by atoms with E-state index < -0.39 is 0 Å². The number of fused-ring (bicyclic) bond motifs is 2. The van der Waals surface area contributed by atoms with Crippen LogP contribution in [0.5, 0.6) is 0 Å². The Kier molecular flexibility index (Phi) is 4.23. The lowest BCUT2D eigenvalue weighted by atomic mass is 9.73. The van der Waals surface area contributed by atoms with Crippen LogP contribution < -0.4 is 5.32 Å². The fraction of sp³-hybridized carbons (Fsp3) is 0.647. The van der Waals surface area contributed by atoms with E-state index >= 15 is 0 Å². The maximum atomic E-state index is 5.97. The number of hydrogen-bond donors (Lipinski definition) is 1. The number of anilines is 1. The largest absolute Gasteiger partial charge is 0.382 e. The number of nitrogens with one attached hydrogen (secondary N) is 1. The highest BCUT2D eigenvalue weighted by Gasteiger charge is 2.39. The molecule has 0 radical (unpaired) electrons. The van der Waals surface area contributed by atoms with E-state index in [9.17, 15) is 0 Å². The van der Waals surface area contributed by atoms with Gasteiger partial charge in [-0.05, 0) is 62.8 Å². The Morgan fingerprint density at radius 3 is 2.25 bits per heavy atom. The third-order valence-electron chi connectivity index (χ3n) is 5.01. The fourth-order valence-electron chi connectivity index (χ4n) is 3.87. The quantitative estimate of drug-likeness (QED) is 0.895. The second-order valence-electron chi connectivity index (χ2n) is 6.68. The Morgan fingerprint density at radius 2 is 1.70 bits per heavy atom. The van der Waals surface area contributed by atoms with Gasteiger partial charge in [-0.1, -0.05) is 18.0 Å². The van der Waals surface area contributed by atoms with Crippen LogP contribution in [0.3, 0.4) is 0 Å². The minimum absolute atomic E-state index is 0.639. The van der Waals surface area contributed by atoms with Crippen LogP contribution >= 0.6 is 11.6 Å². The standard InChI is InChI=1S/C17H25ClN2/c1-12(2)20-10-13-4-3-5-14(11-20)17(13)19-16-8-6-15(18)7-9-16/h6-9,12-14,17,19H,3-5,10-11H2,1-2H3. The molecule has 2 aliphatic rings. The topological polar surface area (TPSA) is 15.3 Å². The zero-order chi connectivity index (χ0) is 14.1. The molecule has 0 amide bonds. The van der Waals surface area contributed by atoms with Crippen LogP contribution in [0.25, 0.3) is 0 Å². The first kappa shape index (κ1) is 14.2. The Balaban J connectivity index is 1.72. The second kappa shape index (κ2) is 5.95. The molecular weight excluding hydrogens is 268 g/mol. The smallest absolute Gasteiger partial charge is 0.0407 e. The van der Waals surface area contributed by atoms with Crippen molar-refractivity contribution in [1.29, 1.82) is 0 Å². The Morgan fingerprint density at radius 1 is 1.10 bits per heavy atom. The predicted molar refractivity (Wildman–Crippen MR) is 86.4 cm³/mol. The molecule has 2 nitrogen and oxygen atoms in total. The second-order valence-corrected chi connectivity index (χ2v) is 7.11. The van der Waals surface area contributed by atoms with Gasteiger partial charge in [-0.25, -0.2) is 0 Å². The average molecular weight is 293 g/mol. The number of rotatable bonds is 3. The number of hydrogen-bond acceptors (Lipinski definition) is 2. The molecule has 3 heteroatoms. The van der Waals surface area contributed by atoms with E-state index in [0.717, 1.165) is 16.9 Å². The van der Waals surface area contributed by atoms with Gasteiger partial charge >= 0.3 is 0 Å². The van der Waals surface area contributed by atoms with Crippen LogP contribution in [0.15, 0.2) is 24.3 Å². The molecule has 1 N–H and O–H groups in total. The number of piperidine rings is 1. The van der Waals surface area contributed by atoms with Crippen LogP contribution in [0.4, 0.5) is 5.69 Å². The maximum absolute atomic E-state index is 5.97. The Hall–Kier alpha value is -0.730. The van der Waals surface area contributed by atoms with Gasteiger partial charge in [0.15, 0.2) is 0 Å². The summed E-state index contributed by atoms with van der Waals surface area (Å²) >= 11 is 5.97. The molecule has 0 aromatic heterocycles. The predicted octanol–water partition coefficient (Wildman–Crippen LogP) is 4.26. The van der Waals surface area contributed by atoms with Crippen molar-refractivity contribution < 1.29 is 0 Å². The lowest BCUT2D eigenvalue weighted by molar-refractivity contribution is 0.0518. The number of halogens is 1. The highest BCUT2D eigenvalue weighted by molar-refractivity contribution is 6.30. The minimum atomic E-state index is 0.639. The summed E-state index contributed by atoms with van der Waals surface area (Å²) < 4.78 is 0. The van der Waals surface area contributed by atoms with Gasteiger partial charge in [-0.15, -0.1) is 0 Å². The van der Waals surface area contributed by atoms with Gasteiger partial charge in [0.25, 0.3) is 0 Å². The molecule has 2 fully saturated rings. The molecule has 2 bridgehead atoms. The zero-order valence-corrected chi connectivity index (χ0v) is 13.2. The summed E-state index contributed by atoms with van der Waals surface area (Å²) in [5.41, 5.74) is 1.22. The van der Waals surface area contributed by atoms with Crippen molar-refractivity contribution in [3.63, 3.8) is 0 Å². The van der Waals surface area contributed by atoms with Crippen molar-refractivity contribution in [2.24, 2.45) is 11.8 Å². The Labute approximate surface area is 127 Å². The molecule has 20 heavy (non-hydrogen) atoms. The molecule has 0 spiro atoms. The summed E-state index contributed by atoms with van der Waals surface area (Å²) in [5, 5.41) is 4.59. The molecule has 110 valence electrons. The molecule has 1 saturated heterocycles. The van der Waals surface area contributed by atoms with Crippen molar-refractivity contribution >= 4 is 17.3 Å². The highest BCUT2D eigenvalue weighted by Crippen LogP contribution is 2.37. The molecule has 1 aromatic carbocycles. The normalized spacial score (nSPS) is 30.5. The zero-order valence-electron chi connectivity index (χ0n) is 12.5. The lowest BCUT2D eigenvalue weighted by Gasteiger charge is -2.49. The number of likely N-dealkylation sites (tertiary alicyclic amines) is 1. The molecule has 1 aliphatic heterocycles. The Bertz CT molecular complexity index is 429. The number of nitrogens with zero attached hydrogens (tertiary/aromatic N) is 1. The first-order valence-corrected chi connectivity index (χ1v) is 8.27. The van der Waals surface area contributed by atoms with E-state index in [1.54, 1.807) is 0 Å². The van der Waals surface area contributed by atoms with Crippen LogP contribution in [0.2, 0.25) is 5.02 Å². The third-order valence-corrected chi connectivity index (χ3v) is 5.26. The molecule has 2 atom stereocenters. The molecule has 1 heterocycles. The van der Waals surface area contributed by atoms with Crippen molar-refractivity contribution in [3.05, 3.63) is 29.3 Å². The maximum Gasteiger partial charge on any atom is 0.0407 e. The highest BCUT2D eigenvalue weighted by atomic mass is 35.5. The van der Waals surface area contributed by atoms with Gasteiger partial charge in [-0.3, -0.25) is 0 Å². The van der Waals surface area contributed by atoms with Crippen LogP contribution in [0.1, 0.15) is 33.1 Å². The lowest BCUT2D eigenvalue weighted by Crippen LogP contribution is -2.56. The van der Waals surface area contributed by atoms with E-state index in [4.69, 9.17) is 11.6 Å². The van der Waals surface area contributed by atoms with E-state index in [2.05, 4.69) is 36.2 Å². The van der Waals surface area contributed by atoms with Crippen molar-refractivity contribution in [2.75, 3.05) is 18.4 Å². The molecule has 1 aliphatic carbocycles. The van der Waals surface area contributed by atoms with Crippen LogP contribution in [-0.2, 0) is 0 Å². The summed E-state index contributed by atoms with van der Waals surface area (Å²) in [6, 6.07) is 9.47. The first-order valence-electron chi connectivity index (χ1n) is 7.89. The van der Waals surface area contributed by atoms with Crippen LogP contribution in [-0.4, -0.2) is 30.1 Å². The summed E-state index contributed by atoms with van der Waals surface area (Å²) in [5.74, 6) is 1.58. The van der Waals surface area contributed by atoms with Crippen molar-refractivity contribution in [2.45, 2.75) is 45.2 Å². The van der Waals surface area contributed by atoms with E-state index in [0.29, 0.717) is 12.1 Å². The van der Waals surface area contributed by atoms with Crippen LogP contribution in [0, 0.1) is 11.8 Å². The van der Waals surface area contributed by atoms with E-state index in [1.807, 2.05) is 12.1 Å². The van der Waals surface area contributed by atoms with Gasteiger partial charge < -0.3 is 10.2 Å². The molecular formula is C17H25ClN2. The summed E-state index contributed by atoms with van der Waals surface area (Å²) in [7, 11) is 0. The summed E-state index contributed by atoms with van der Waals surface area (Å²) in [6.45, 7) is 7.14. The van der Waals surface area contributed by atoms with Crippen molar-refractivity contribution in [3.8, 4) is 0 Å². The molecule has 1 saturated carbocycles. The van der Waals surface area contributed by atoms with Gasteiger partial charge in [0.1, 0.15) is 0 Å². The molecule has 1 aromatic rings. The molecule has 2 unspecified atom stereocenters. The monoisotopic (exact) mass is 292 g/mol.